The fourth-order valence-electron chi connectivity index (χ4n) is 3.46. The van der Waals surface area contributed by atoms with Crippen molar-refractivity contribution in [2.24, 2.45) is 0 Å². The smallest absolute Gasteiger partial charge is 0.183 e. The molecule has 0 aliphatic carbocycles. The number of aromatic hydroxyl groups is 1. The highest BCUT2D eigenvalue weighted by Crippen LogP contribution is 2.37. The topological polar surface area (TPSA) is 61.4 Å². The molecule has 2 heterocycles. The Balaban J connectivity index is 1.74. The van der Waals surface area contributed by atoms with Gasteiger partial charge in [-0.25, -0.2) is 9.37 Å². The molecule has 142 valence electrons. The number of aromatic nitrogens is 2. The second-order valence-electron chi connectivity index (χ2n) is 6.96. The molecule has 5 nitrogen and oxygen atoms in total. The first-order valence-corrected chi connectivity index (χ1v) is 9.36. The molecule has 27 heavy (non-hydrogen) atoms. The second kappa shape index (κ2) is 7.46. The third kappa shape index (κ3) is 3.65. The summed E-state index contributed by atoms with van der Waals surface area (Å²) < 4.78 is 20.6. The summed E-state index contributed by atoms with van der Waals surface area (Å²) in [6.45, 7) is 1.86. The Bertz CT molecular complexity index is 921. The number of hydrogen-bond donors (Lipinski definition) is 2. The minimum Gasteiger partial charge on any atom is -0.505 e. The van der Waals surface area contributed by atoms with Crippen molar-refractivity contribution in [3.05, 3.63) is 58.6 Å². The van der Waals surface area contributed by atoms with E-state index in [-0.39, 0.29) is 11.1 Å². The average Bonchev–Trinajstić information content (AvgIpc) is 3.10. The summed E-state index contributed by atoms with van der Waals surface area (Å²) in [5.74, 6) is -0.810. The summed E-state index contributed by atoms with van der Waals surface area (Å²) in [4.78, 5) is 10.1. The van der Waals surface area contributed by atoms with Crippen LogP contribution in [0.25, 0.3) is 11.0 Å². The lowest BCUT2D eigenvalue weighted by Crippen LogP contribution is -2.35. The molecule has 2 aromatic carbocycles. The molecule has 7 heteroatoms. The average molecular weight is 390 g/mol. The van der Waals surface area contributed by atoms with Gasteiger partial charge in [-0.2, -0.15) is 0 Å². The van der Waals surface area contributed by atoms with E-state index < -0.39 is 17.7 Å². The van der Waals surface area contributed by atoms with Gasteiger partial charge in [-0.3, -0.25) is 0 Å². The molecule has 4 rings (SSSR count). The van der Waals surface area contributed by atoms with Crippen molar-refractivity contribution in [1.82, 2.24) is 14.9 Å². The molecule has 1 aliphatic heterocycles. The van der Waals surface area contributed by atoms with E-state index >= 15 is 0 Å². The molecule has 1 atom stereocenters. The Morgan fingerprint density at radius 1 is 1.26 bits per heavy atom. The van der Waals surface area contributed by atoms with E-state index in [1.165, 1.54) is 6.07 Å². The zero-order chi connectivity index (χ0) is 19.0. The summed E-state index contributed by atoms with van der Waals surface area (Å²) in [6, 6.07) is 10.6. The quantitative estimate of drug-likeness (QED) is 0.699. The van der Waals surface area contributed by atoms with Crippen LogP contribution in [-0.2, 0) is 4.74 Å². The van der Waals surface area contributed by atoms with E-state index in [1.807, 2.05) is 24.3 Å². The first kappa shape index (κ1) is 18.2. The number of phenols is 1. The highest BCUT2D eigenvalue weighted by atomic mass is 35.5. The van der Waals surface area contributed by atoms with Gasteiger partial charge in [-0.1, -0.05) is 29.8 Å². The predicted octanol–water partition coefficient (Wildman–Crippen LogP) is 4.26. The first-order valence-electron chi connectivity index (χ1n) is 8.98. The van der Waals surface area contributed by atoms with Gasteiger partial charge in [0.15, 0.2) is 11.6 Å². The van der Waals surface area contributed by atoms with Crippen molar-refractivity contribution in [2.45, 2.75) is 25.0 Å². The molecule has 1 aromatic heterocycles. The van der Waals surface area contributed by atoms with E-state index in [1.54, 1.807) is 6.07 Å². The van der Waals surface area contributed by atoms with Crippen molar-refractivity contribution in [3.63, 3.8) is 0 Å². The number of likely N-dealkylation sites (tertiary alicyclic amines) is 1. The van der Waals surface area contributed by atoms with Crippen LogP contribution in [0.1, 0.15) is 30.3 Å². The Labute approximate surface area is 161 Å². The number of nitrogens with zero attached hydrogens (tertiary/aromatic N) is 2. The number of phenolic OH excluding ortho intramolecular Hbond substituents is 1. The van der Waals surface area contributed by atoms with Gasteiger partial charge in [0, 0.05) is 18.7 Å². The zero-order valence-corrected chi connectivity index (χ0v) is 15.7. The maximum atomic E-state index is 14.2. The lowest BCUT2D eigenvalue weighted by molar-refractivity contribution is -0.0273. The van der Waals surface area contributed by atoms with Crippen LogP contribution >= 0.6 is 11.6 Å². The van der Waals surface area contributed by atoms with E-state index in [0.29, 0.717) is 11.4 Å². The lowest BCUT2D eigenvalue weighted by Gasteiger charge is -2.31. The molecule has 1 aliphatic rings. The Kier molecular flexibility index (Phi) is 5.04. The lowest BCUT2D eigenvalue weighted by atomic mass is 10.0. The fourth-order valence-corrected chi connectivity index (χ4v) is 3.61. The van der Waals surface area contributed by atoms with Crippen LogP contribution in [0, 0.1) is 5.82 Å². The van der Waals surface area contributed by atoms with Crippen molar-refractivity contribution in [3.8, 4) is 5.75 Å². The largest absolute Gasteiger partial charge is 0.505 e. The SMILES string of the molecule is CN1CCC(OC(c2nc3ccccc3[nH]2)c2ccc(Cl)c(F)c2O)CC1. The molecule has 2 N–H and O–H groups in total. The minimum absolute atomic E-state index is 0.00227. The molecule has 1 saturated heterocycles. The standard InChI is InChI=1S/C20H21ClFN3O2/c1-25-10-8-12(9-11-25)27-19(13-6-7-14(21)17(22)18(13)26)20-23-15-4-2-3-5-16(15)24-20/h2-7,12,19,26H,8-11H2,1H3,(H,23,24). The van der Waals surface area contributed by atoms with Crippen LogP contribution in [0.3, 0.4) is 0 Å². The maximum Gasteiger partial charge on any atom is 0.183 e. The predicted molar refractivity (Wildman–Crippen MR) is 103 cm³/mol. The fraction of sp³-hybridized carbons (Fsp3) is 0.350. The van der Waals surface area contributed by atoms with Crippen LogP contribution in [0.4, 0.5) is 4.39 Å². The van der Waals surface area contributed by atoms with Gasteiger partial charge < -0.3 is 19.7 Å². The number of ether oxygens (including phenoxy) is 1. The molecule has 0 amide bonds. The highest BCUT2D eigenvalue weighted by Gasteiger charge is 2.29. The van der Waals surface area contributed by atoms with E-state index in [9.17, 15) is 9.50 Å². The van der Waals surface area contributed by atoms with E-state index in [4.69, 9.17) is 16.3 Å². The number of aromatic amines is 1. The summed E-state index contributed by atoms with van der Waals surface area (Å²) in [7, 11) is 2.08. The number of hydrogen-bond acceptors (Lipinski definition) is 4. The Morgan fingerprint density at radius 3 is 2.74 bits per heavy atom. The van der Waals surface area contributed by atoms with Crippen molar-refractivity contribution >= 4 is 22.6 Å². The van der Waals surface area contributed by atoms with Crippen molar-refractivity contribution < 1.29 is 14.2 Å². The third-order valence-corrected chi connectivity index (χ3v) is 5.32. The molecule has 3 aromatic rings. The second-order valence-corrected chi connectivity index (χ2v) is 7.36. The van der Waals surface area contributed by atoms with Gasteiger partial charge in [0.25, 0.3) is 0 Å². The normalized spacial score (nSPS) is 17.4. The molecule has 0 bridgehead atoms. The van der Waals surface area contributed by atoms with E-state index in [0.717, 1.165) is 37.0 Å². The molecule has 0 radical (unpaired) electrons. The monoisotopic (exact) mass is 389 g/mol. The summed E-state index contributed by atoms with van der Waals surface area (Å²) in [5, 5.41) is 10.2. The molecular weight excluding hydrogens is 369 g/mol. The molecular formula is C20H21ClFN3O2. The Morgan fingerprint density at radius 2 is 2.00 bits per heavy atom. The number of halogens is 2. The van der Waals surface area contributed by atoms with Crippen LogP contribution in [0.5, 0.6) is 5.75 Å². The molecule has 1 fully saturated rings. The molecule has 0 spiro atoms. The molecule has 0 saturated carbocycles. The first-order chi connectivity index (χ1) is 13.0. The number of para-hydroxylation sites is 2. The van der Waals surface area contributed by atoms with Gasteiger partial charge >= 0.3 is 0 Å². The Hall–Kier alpha value is -2.15. The van der Waals surface area contributed by atoms with Gasteiger partial charge in [-0.05, 0) is 38.1 Å². The summed E-state index contributed by atoms with van der Waals surface area (Å²) >= 11 is 5.80. The van der Waals surface area contributed by atoms with Gasteiger partial charge in [-0.15, -0.1) is 0 Å². The number of nitrogens with one attached hydrogen (secondary N) is 1. The molecule has 1 unspecified atom stereocenters. The number of rotatable bonds is 4. The maximum absolute atomic E-state index is 14.2. The van der Waals surface area contributed by atoms with Gasteiger partial charge in [0.1, 0.15) is 11.9 Å². The van der Waals surface area contributed by atoms with Gasteiger partial charge in [0.05, 0.1) is 22.2 Å². The van der Waals surface area contributed by atoms with Crippen LogP contribution in [-0.4, -0.2) is 46.2 Å². The van der Waals surface area contributed by atoms with E-state index in [2.05, 4.69) is 21.9 Å². The number of H-pyrrole nitrogens is 1. The van der Waals surface area contributed by atoms with Crippen LogP contribution < -0.4 is 0 Å². The van der Waals surface area contributed by atoms with Crippen LogP contribution in [0.2, 0.25) is 5.02 Å². The van der Waals surface area contributed by atoms with Crippen molar-refractivity contribution in [1.29, 1.82) is 0 Å². The summed E-state index contributed by atoms with van der Waals surface area (Å²) in [6.07, 6.45) is 1.02. The number of imidazole rings is 1. The van der Waals surface area contributed by atoms with Crippen molar-refractivity contribution in [2.75, 3.05) is 20.1 Å². The number of fused-ring (bicyclic) bond motifs is 1. The number of piperidine rings is 1. The third-order valence-electron chi connectivity index (χ3n) is 5.03. The minimum atomic E-state index is -0.845. The summed E-state index contributed by atoms with van der Waals surface area (Å²) in [5.41, 5.74) is 1.96. The van der Waals surface area contributed by atoms with Crippen LogP contribution in [0.15, 0.2) is 36.4 Å². The number of benzene rings is 2. The van der Waals surface area contributed by atoms with Gasteiger partial charge in [0.2, 0.25) is 0 Å². The highest BCUT2D eigenvalue weighted by molar-refractivity contribution is 6.30. The zero-order valence-electron chi connectivity index (χ0n) is 15.0.